The van der Waals surface area contributed by atoms with Gasteiger partial charge in [0.1, 0.15) is 5.82 Å². The molecular weight excluding hydrogens is 493 g/mol. The maximum atomic E-state index is 12.8. The summed E-state index contributed by atoms with van der Waals surface area (Å²) in [6, 6.07) is 3.78. The molecule has 0 aliphatic carbocycles. The predicted octanol–water partition coefficient (Wildman–Crippen LogP) is 2.86. The first-order valence-corrected chi connectivity index (χ1v) is 10.8. The number of anilines is 1. The number of carbonyl (C=O) groups excluding carboxylic acids is 2. The summed E-state index contributed by atoms with van der Waals surface area (Å²) in [5.74, 6) is 0.351. The number of hydrogen-bond acceptors (Lipinski definition) is 7. The van der Waals surface area contributed by atoms with Gasteiger partial charge in [0, 0.05) is 37.9 Å². The van der Waals surface area contributed by atoms with Crippen LogP contribution in [0.25, 0.3) is 0 Å². The van der Waals surface area contributed by atoms with E-state index in [1.54, 1.807) is 9.80 Å². The maximum absolute atomic E-state index is 12.8. The number of rotatable bonds is 7. The van der Waals surface area contributed by atoms with E-state index < -0.39 is 17.6 Å². The minimum Gasteiger partial charge on any atom is -0.493 e. The summed E-state index contributed by atoms with van der Waals surface area (Å²) in [6.07, 6.45) is -3.80. The Hall–Kier alpha value is -3.41. The van der Waals surface area contributed by atoms with Crippen molar-refractivity contribution < 1.29 is 37.0 Å². The molecule has 1 N–H and O–H groups in total. The smallest absolute Gasteiger partial charge is 0.417 e. The Morgan fingerprint density at radius 1 is 1.03 bits per heavy atom. The molecule has 0 saturated carbocycles. The zero-order chi connectivity index (χ0) is 25.8. The molecule has 0 atom stereocenters. The van der Waals surface area contributed by atoms with Crippen molar-refractivity contribution in [1.29, 1.82) is 0 Å². The highest BCUT2D eigenvalue weighted by molar-refractivity contribution is 6.33. The number of amides is 2. The van der Waals surface area contributed by atoms with Gasteiger partial charge in [-0.2, -0.15) is 13.2 Å². The SMILES string of the molecule is COc1cc(C(=O)NCC(=O)N2CCN(c3ncc(C(F)(F)F)cc3Cl)CC2)cc(OC)c1OC. The number of nitrogens with zero attached hydrogens (tertiary/aromatic N) is 3. The lowest BCUT2D eigenvalue weighted by molar-refractivity contribution is -0.137. The Kier molecular flexibility index (Phi) is 8.15. The molecule has 2 heterocycles. The van der Waals surface area contributed by atoms with Gasteiger partial charge in [0.15, 0.2) is 11.5 Å². The van der Waals surface area contributed by atoms with E-state index in [9.17, 15) is 22.8 Å². The van der Waals surface area contributed by atoms with Gasteiger partial charge in [-0.05, 0) is 18.2 Å². The number of aromatic nitrogens is 1. The van der Waals surface area contributed by atoms with Crippen LogP contribution in [0, 0.1) is 0 Å². The fourth-order valence-corrected chi connectivity index (χ4v) is 3.85. The Morgan fingerprint density at radius 3 is 2.11 bits per heavy atom. The number of benzene rings is 1. The van der Waals surface area contributed by atoms with E-state index >= 15 is 0 Å². The molecule has 35 heavy (non-hydrogen) atoms. The standard InChI is InChI=1S/C22H24ClF3N4O5/c1-33-16-8-13(9-17(34-2)19(16)35-3)21(32)28-12-18(31)29-4-6-30(7-5-29)20-15(23)10-14(11-27-20)22(24,25)26/h8-11H,4-7,12H2,1-3H3,(H,28,32). The number of piperazine rings is 1. The highest BCUT2D eigenvalue weighted by atomic mass is 35.5. The van der Waals surface area contributed by atoms with Gasteiger partial charge in [0.2, 0.25) is 11.7 Å². The lowest BCUT2D eigenvalue weighted by atomic mass is 10.1. The van der Waals surface area contributed by atoms with Crippen LogP contribution in [0.5, 0.6) is 17.2 Å². The summed E-state index contributed by atoms with van der Waals surface area (Å²) in [4.78, 5) is 32.3. The third kappa shape index (κ3) is 5.99. The van der Waals surface area contributed by atoms with Gasteiger partial charge in [-0.1, -0.05) is 11.6 Å². The molecular formula is C22H24ClF3N4O5. The molecule has 3 rings (SSSR count). The minimum atomic E-state index is -4.53. The number of nitrogens with one attached hydrogen (secondary N) is 1. The molecule has 2 amide bonds. The highest BCUT2D eigenvalue weighted by Crippen LogP contribution is 2.38. The van der Waals surface area contributed by atoms with E-state index in [1.165, 1.54) is 33.5 Å². The third-order valence-electron chi connectivity index (χ3n) is 5.41. The van der Waals surface area contributed by atoms with Gasteiger partial charge >= 0.3 is 6.18 Å². The number of carbonyl (C=O) groups is 2. The van der Waals surface area contributed by atoms with E-state index in [-0.39, 0.29) is 41.9 Å². The molecule has 0 radical (unpaired) electrons. The number of hydrogen-bond donors (Lipinski definition) is 1. The summed E-state index contributed by atoms with van der Waals surface area (Å²) in [6.45, 7) is 0.986. The van der Waals surface area contributed by atoms with Crippen molar-refractivity contribution in [3.05, 3.63) is 40.5 Å². The monoisotopic (exact) mass is 516 g/mol. The molecule has 1 aliphatic heterocycles. The number of methoxy groups -OCH3 is 3. The molecule has 1 aromatic carbocycles. The van der Waals surface area contributed by atoms with Gasteiger partial charge < -0.3 is 29.3 Å². The van der Waals surface area contributed by atoms with Crippen LogP contribution in [0.15, 0.2) is 24.4 Å². The molecule has 13 heteroatoms. The van der Waals surface area contributed by atoms with Gasteiger partial charge in [-0.3, -0.25) is 9.59 Å². The van der Waals surface area contributed by atoms with E-state index in [0.717, 1.165) is 12.3 Å². The number of halogens is 4. The second-order valence-corrected chi connectivity index (χ2v) is 7.90. The second kappa shape index (κ2) is 10.9. The quantitative estimate of drug-likeness (QED) is 0.605. The first kappa shape index (κ1) is 26.2. The topological polar surface area (TPSA) is 93.2 Å². The number of ether oxygens (including phenoxy) is 3. The van der Waals surface area contributed by atoms with Crippen molar-refractivity contribution in [2.75, 3.05) is 59.0 Å². The average molecular weight is 517 g/mol. The number of pyridine rings is 1. The summed E-state index contributed by atoms with van der Waals surface area (Å²) < 4.78 is 54.2. The van der Waals surface area contributed by atoms with Gasteiger partial charge in [-0.15, -0.1) is 0 Å². The minimum absolute atomic E-state index is 0.114. The Labute approximate surface area is 204 Å². The predicted molar refractivity (Wildman–Crippen MR) is 121 cm³/mol. The third-order valence-corrected chi connectivity index (χ3v) is 5.69. The van der Waals surface area contributed by atoms with Crippen LogP contribution in [0.4, 0.5) is 19.0 Å². The molecule has 1 saturated heterocycles. The maximum Gasteiger partial charge on any atom is 0.417 e. The zero-order valence-electron chi connectivity index (χ0n) is 19.2. The van der Waals surface area contributed by atoms with Crippen molar-refractivity contribution in [1.82, 2.24) is 15.2 Å². The van der Waals surface area contributed by atoms with Crippen molar-refractivity contribution in [3.8, 4) is 17.2 Å². The summed E-state index contributed by atoms with van der Waals surface area (Å²) in [5, 5.41) is 2.46. The Bertz CT molecular complexity index is 1070. The zero-order valence-corrected chi connectivity index (χ0v) is 20.0. The van der Waals surface area contributed by atoms with E-state index in [0.29, 0.717) is 30.3 Å². The van der Waals surface area contributed by atoms with Crippen LogP contribution in [-0.2, 0) is 11.0 Å². The van der Waals surface area contributed by atoms with Gasteiger partial charge in [0.25, 0.3) is 5.91 Å². The highest BCUT2D eigenvalue weighted by Gasteiger charge is 2.32. The van der Waals surface area contributed by atoms with Crippen molar-refractivity contribution in [2.24, 2.45) is 0 Å². The van der Waals surface area contributed by atoms with Crippen molar-refractivity contribution >= 4 is 29.2 Å². The molecule has 2 aromatic rings. The van der Waals surface area contributed by atoms with Crippen LogP contribution >= 0.6 is 11.6 Å². The van der Waals surface area contributed by atoms with Crippen LogP contribution in [0.3, 0.4) is 0 Å². The van der Waals surface area contributed by atoms with Gasteiger partial charge in [0.05, 0.1) is 38.5 Å². The molecule has 1 aliphatic rings. The second-order valence-electron chi connectivity index (χ2n) is 7.49. The Morgan fingerprint density at radius 2 is 1.63 bits per heavy atom. The molecule has 190 valence electrons. The first-order valence-electron chi connectivity index (χ1n) is 10.4. The lowest BCUT2D eigenvalue weighted by Gasteiger charge is -2.35. The summed E-state index contributed by atoms with van der Waals surface area (Å²) in [7, 11) is 4.30. The summed E-state index contributed by atoms with van der Waals surface area (Å²) >= 11 is 6.01. The summed E-state index contributed by atoms with van der Waals surface area (Å²) in [5.41, 5.74) is -0.706. The molecule has 0 spiro atoms. The van der Waals surface area contributed by atoms with Crippen molar-refractivity contribution in [3.63, 3.8) is 0 Å². The molecule has 9 nitrogen and oxygen atoms in total. The fraction of sp³-hybridized carbons (Fsp3) is 0.409. The van der Waals surface area contributed by atoms with Crippen LogP contribution in [-0.4, -0.2) is 75.8 Å². The van der Waals surface area contributed by atoms with E-state index in [2.05, 4.69) is 10.3 Å². The van der Waals surface area contributed by atoms with E-state index in [4.69, 9.17) is 25.8 Å². The van der Waals surface area contributed by atoms with Gasteiger partial charge in [-0.25, -0.2) is 4.98 Å². The lowest BCUT2D eigenvalue weighted by Crippen LogP contribution is -2.51. The molecule has 0 bridgehead atoms. The molecule has 0 unspecified atom stereocenters. The fourth-order valence-electron chi connectivity index (χ4n) is 3.57. The molecule has 1 fully saturated rings. The van der Waals surface area contributed by atoms with Crippen LogP contribution in [0.1, 0.15) is 15.9 Å². The molecule has 1 aromatic heterocycles. The normalized spacial score (nSPS) is 13.9. The first-order chi connectivity index (χ1) is 16.6. The average Bonchev–Trinajstić information content (AvgIpc) is 2.85. The van der Waals surface area contributed by atoms with Crippen LogP contribution in [0.2, 0.25) is 5.02 Å². The number of alkyl halides is 3. The largest absolute Gasteiger partial charge is 0.493 e. The van der Waals surface area contributed by atoms with Crippen LogP contribution < -0.4 is 24.4 Å². The van der Waals surface area contributed by atoms with Crippen molar-refractivity contribution in [2.45, 2.75) is 6.18 Å². The van der Waals surface area contributed by atoms with E-state index in [1.807, 2.05) is 0 Å². The Balaban J connectivity index is 1.57.